The highest BCUT2D eigenvalue weighted by molar-refractivity contribution is 5.83. The van der Waals surface area contributed by atoms with Gasteiger partial charge in [0.15, 0.2) is 0 Å². The zero-order valence-electron chi connectivity index (χ0n) is 8.44. The van der Waals surface area contributed by atoms with E-state index in [0.717, 1.165) is 5.56 Å². The molecular formula is C12H15NO. The van der Waals surface area contributed by atoms with Gasteiger partial charge in [0, 0.05) is 24.7 Å². The fourth-order valence-corrected chi connectivity index (χ4v) is 1.72. The summed E-state index contributed by atoms with van der Waals surface area (Å²) in [5, 5.41) is 0. The second-order valence-corrected chi connectivity index (χ2v) is 4.13. The van der Waals surface area contributed by atoms with Crippen LogP contribution in [-0.2, 0) is 11.2 Å². The summed E-state index contributed by atoms with van der Waals surface area (Å²) in [6.07, 6.45) is 6.53. The molecule has 1 aromatic rings. The average molecular weight is 189 g/mol. The molecule has 1 aliphatic rings. The molecule has 0 amide bonds. The molecule has 1 unspecified atom stereocenters. The van der Waals surface area contributed by atoms with Gasteiger partial charge in [0.1, 0.15) is 5.78 Å². The Hall–Kier alpha value is -1.18. The molecule has 2 nitrogen and oxygen atoms in total. The maximum absolute atomic E-state index is 11.8. The van der Waals surface area contributed by atoms with Crippen molar-refractivity contribution in [2.75, 3.05) is 0 Å². The standard InChI is InChI=1S/C12H15NO/c1-9(11-4-5-11)12(14)7-10-3-2-6-13-8-10/h2-3,6,8-9,11H,4-5,7H2,1H3. The van der Waals surface area contributed by atoms with Crippen LogP contribution in [0, 0.1) is 11.8 Å². The van der Waals surface area contributed by atoms with Crippen molar-refractivity contribution in [1.29, 1.82) is 0 Å². The summed E-state index contributed by atoms with van der Waals surface area (Å²) in [5.41, 5.74) is 1.03. The Labute approximate surface area is 84.4 Å². The zero-order valence-corrected chi connectivity index (χ0v) is 8.44. The molecule has 2 heteroatoms. The van der Waals surface area contributed by atoms with Gasteiger partial charge in [0.2, 0.25) is 0 Å². The summed E-state index contributed by atoms with van der Waals surface area (Å²) in [6, 6.07) is 3.84. The number of pyridine rings is 1. The fraction of sp³-hybridized carbons (Fsp3) is 0.500. The lowest BCUT2D eigenvalue weighted by molar-refractivity contribution is -0.122. The van der Waals surface area contributed by atoms with E-state index in [0.29, 0.717) is 18.1 Å². The molecule has 0 aromatic carbocycles. The normalized spacial score (nSPS) is 17.8. The van der Waals surface area contributed by atoms with E-state index in [1.807, 2.05) is 12.1 Å². The number of carbonyl (C=O) groups is 1. The van der Waals surface area contributed by atoms with E-state index in [1.54, 1.807) is 12.4 Å². The summed E-state index contributed by atoms with van der Waals surface area (Å²) >= 11 is 0. The van der Waals surface area contributed by atoms with Crippen molar-refractivity contribution < 1.29 is 4.79 Å². The first-order valence-electron chi connectivity index (χ1n) is 5.19. The summed E-state index contributed by atoms with van der Waals surface area (Å²) < 4.78 is 0. The SMILES string of the molecule is CC(C(=O)Cc1cccnc1)C1CC1. The molecule has 0 bridgehead atoms. The molecule has 0 spiro atoms. The van der Waals surface area contributed by atoms with Crippen LogP contribution in [0.1, 0.15) is 25.3 Å². The molecule has 1 aromatic heterocycles. The molecule has 1 atom stereocenters. The largest absolute Gasteiger partial charge is 0.299 e. The first-order chi connectivity index (χ1) is 6.77. The molecule has 1 aliphatic carbocycles. The molecule has 2 rings (SSSR count). The van der Waals surface area contributed by atoms with Crippen molar-refractivity contribution in [3.63, 3.8) is 0 Å². The monoisotopic (exact) mass is 189 g/mol. The van der Waals surface area contributed by atoms with Gasteiger partial charge in [0.25, 0.3) is 0 Å². The average Bonchev–Trinajstić information content (AvgIpc) is 3.01. The van der Waals surface area contributed by atoms with Crippen LogP contribution in [0.4, 0.5) is 0 Å². The predicted molar refractivity (Wildman–Crippen MR) is 54.8 cm³/mol. The molecule has 1 saturated carbocycles. The van der Waals surface area contributed by atoms with Gasteiger partial charge < -0.3 is 0 Å². The van der Waals surface area contributed by atoms with E-state index >= 15 is 0 Å². The summed E-state index contributed by atoms with van der Waals surface area (Å²) in [7, 11) is 0. The number of Topliss-reactive ketones (excluding diaryl/α,β-unsaturated/α-hetero) is 1. The van der Waals surface area contributed by atoms with E-state index in [9.17, 15) is 4.79 Å². The van der Waals surface area contributed by atoms with Gasteiger partial charge in [-0.15, -0.1) is 0 Å². The van der Waals surface area contributed by atoms with E-state index in [4.69, 9.17) is 0 Å². The maximum atomic E-state index is 11.8. The number of carbonyl (C=O) groups excluding carboxylic acids is 1. The minimum absolute atomic E-state index is 0.246. The van der Waals surface area contributed by atoms with Gasteiger partial charge in [-0.1, -0.05) is 13.0 Å². The number of hydrogen-bond donors (Lipinski definition) is 0. The van der Waals surface area contributed by atoms with Crippen LogP contribution in [0.2, 0.25) is 0 Å². The lowest BCUT2D eigenvalue weighted by Crippen LogP contribution is -2.15. The van der Waals surface area contributed by atoms with Crippen molar-refractivity contribution >= 4 is 5.78 Å². The lowest BCUT2D eigenvalue weighted by atomic mass is 9.96. The summed E-state index contributed by atoms with van der Waals surface area (Å²) in [4.78, 5) is 15.8. The van der Waals surface area contributed by atoms with Crippen molar-refractivity contribution in [3.8, 4) is 0 Å². The van der Waals surface area contributed by atoms with Crippen molar-refractivity contribution in [3.05, 3.63) is 30.1 Å². The third-order valence-electron chi connectivity index (χ3n) is 2.94. The maximum Gasteiger partial charge on any atom is 0.140 e. The van der Waals surface area contributed by atoms with Gasteiger partial charge in [0.05, 0.1) is 0 Å². The molecular weight excluding hydrogens is 174 g/mol. The van der Waals surface area contributed by atoms with E-state index in [1.165, 1.54) is 12.8 Å². The van der Waals surface area contributed by atoms with Crippen LogP contribution in [0.5, 0.6) is 0 Å². The fourth-order valence-electron chi connectivity index (χ4n) is 1.72. The Morgan fingerprint density at radius 3 is 3.00 bits per heavy atom. The van der Waals surface area contributed by atoms with Crippen LogP contribution < -0.4 is 0 Å². The first-order valence-corrected chi connectivity index (χ1v) is 5.19. The van der Waals surface area contributed by atoms with E-state index < -0.39 is 0 Å². The Bertz CT molecular complexity index is 316. The van der Waals surface area contributed by atoms with Gasteiger partial charge in [-0.25, -0.2) is 0 Å². The van der Waals surface area contributed by atoms with Gasteiger partial charge in [-0.2, -0.15) is 0 Å². The van der Waals surface area contributed by atoms with Gasteiger partial charge in [-0.05, 0) is 30.4 Å². The highest BCUT2D eigenvalue weighted by Crippen LogP contribution is 2.37. The van der Waals surface area contributed by atoms with Gasteiger partial charge in [-0.3, -0.25) is 9.78 Å². The minimum Gasteiger partial charge on any atom is -0.299 e. The number of aromatic nitrogens is 1. The smallest absolute Gasteiger partial charge is 0.140 e. The van der Waals surface area contributed by atoms with Gasteiger partial charge >= 0.3 is 0 Å². The van der Waals surface area contributed by atoms with Crippen molar-refractivity contribution in [1.82, 2.24) is 4.98 Å². The topological polar surface area (TPSA) is 30.0 Å². The van der Waals surface area contributed by atoms with Crippen molar-refractivity contribution in [2.45, 2.75) is 26.2 Å². The third kappa shape index (κ3) is 2.19. The Balaban J connectivity index is 1.94. The Kier molecular flexibility index (Phi) is 2.62. The van der Waals surface area contributed by atoms with Crippen molar-refractivity contribution in [2.24, 2.45) is 11.8 Å². The number of nitrogens with zero attached hydrogens (tertiary/aromatic N) is 1. The Morgan fingerprint density at radius 2 is 2.43 bits per heavy atom. The van der Waals surface area contributed by atoms with Crippen LogP contribution in [-0.4, -0.2) is 10.8 Å². The Morgan fingerprint density at radius 1 is 1.64 bits per heavy atom. The minimum atomic E-state index is 0.246. The molecule has 0 aliphatic heterocycles. The van der Waals surface area contributed by atoms with Crippen LogP contribution >= 0.6 is 0 Å². The lowest BCUT2D eigenvalue weighted by Gasteiger charge is -2.07. The summed E-state index contributed by atoms with van der Waals surface area (Å²) in [6.45, 7) is 2.05. The molecule has 14 heavy (non-hydrogen) atoms. The highest BCUT2D eigenvalue weighted by Gasteiger charge is 2.32. The molecule has 1 fully saturated rings. The number of hydrogen-bond acceptors (Lipinski definition) is 2. The second-order valence-electron chi connectivity index (χ2n) is 4.13. The van der Waals surface area contributed by atoms with E-state index in [-0.39, 0.29) is 5.92 Å². The summed E-state index contributed by atoms with van der Waals surface area (Å²) in [5.74, 6) is 1.27. The number of ketones is 1. The molecule has 0 radical (unpaired) electrons. The highest BCUT2D eigenvalue weighted by atomic mass is 16.1. The number of rotatable bonds is 4. The third-order valence-corrected chi connectivity index (χ3v) is 2.94. The quantitative estimate of drug-likeness (QED) is 0.727. The first kappa shape index (κ1) is 9.38. The van der Waals surface area contributed by atoms with Crippen LogP contribution in [0.3, 0.4) is 0 Å². The molecule has 0 N–H and O–H groups in total. The predicted octanol–water partition coefficient (Wildman–Crippen LogP) is 2.24. The van der Waals surface area contributed by atoms with E-state index in [2.05, 4.69) is 11.9 Å². The second kappa shape index (κ2) is 3.91. The molecule has 74 valence electrons. The molecule has 1 heterocycles. The van der Waals surface area contributed by atoms with Crippen LogP contribution in [0.15, 0.2) is 24.5 Å². The van der Waals surface area contributed by atoms with Crippen LogP contribution in [0.25, 0.3) is 0 Å². The zero-order chi connectivity index (χ0) is 9.97. The molecule has 0 saturated heterocycles.